The van der Waals surface area contributed by atoms with E-state index >= 15 is 0 Å². The molecule has 0 spiro atoms. The predicted octanol–water partition coefficient (Wildman–Crippen LogP) is 7.37. The minimum atomic E-state index is -0.615. The van der Waals surface area contributed by atoms with Crippen molar-refractivity contribution in [2.75, 3.05) is 19.7 Å². The molecule has 1 N–H and O–H groups in total. The number of aryl methyl sites for hydroxylation is 2. The fraction of sp³-hybridized carbons (Fsp3) is 0.406. The van der Waals surface area contributed by atoms with Crippen LogP contribution in [0.5, 0.6) is 0 Å². The van der Waals surface area contributed by atoms with Crippen LogP contribution in [0.2, 0.25) is 0 Å². The number of hydrogen-bond donors (Lipinski definition) is 1. The van der Waals surface area contributed by atoms with Crippen LogP contribution in [0, 0.1) is 18.6 Å². The summed E-state index contributed by atoms with van der Waals surface area (Å²) in [5.41, 5.74) is 5.47. The van der Waals surface area contributed by atoms with Crippen molar-refractivity contribution in [3.05, 3.63) is 94.6 Å². The Balaban J connectivity index is 1.71. The summed E-state index contributed by atoms with van der Waals surface area (Å²) in [7, 11) is 0. The number of rotatable bonds is 6. The summed E-state index contributed by atoms with van der Waals surface area (Å²) in [6.45, 7) is 8.55. The third-order valence-corrected chi connectivity index (χ3v) is 7.18. The molecular formula is C32H37F2NO3. The minimum Gasteiger partial charge on any atom is -0.444 e. The number of likely N-dealkylation sites (tertiary alicyclic amines) is 1. The van der Waals surface area contributed by atoms with Gasteiger partial charge in [-0.15, -0.1) is 0 Å². The van der Waals surface area contributed by atoms with Crippen LogP contribution in [-0.2, 0) is 11.2 Å². The van der Waals surface area contributed by atoms with E-state index in [1.165, 1.54) is 17.7 Å². The van der Waals surface area contributed by atoms with Crippen LogP contribution >= 0.6 is 0 Å². The fourth-order valence-electron chi connectivity index (χ4n) is 5.50. The van der Waals surface area contributed by atoms with Gasteiger partial charge in [0.25, 0.3) is 0 Å². The number of carbonyl (C=O) groups is 1. The number of aliphatic hydroxyl groups excluding tert-OH is 1. The molecule has 38 heavy (non-hydrogen) atoms. The second kappa shape index (κ2) is 11.6. The topological polar surface area (TPSA) is 49.8 Å². The van der Waals surface area contributed by atoms with Crippen molar-refractivity contribution in [2.24, 2.45) is 0 Å². The van der Waals surface area contributed by atoms with Crippen molar-refractivity contribution >= 4 is 6.09 Å². The van der Waals surface area contributed by atoms with Gasteiger partial charge in [0.05, 0.1) is 0 Å². The molecule has 0 aliphatic carbocycles. The molecule has 0 bridgehead atoms. The first kappa shape index (κ1) is 27.8. The Labute approximate surface area is 224 Å². The van der Waals surface area contributed by atoms with Gasteiger partial charge in [-0.25, -0.2) is 13.6 Å². The molecule has 1 saturated heterocycles. The largest absolute Gasteiger partial charge is 0.444 e. The molecular weight excluding hydrogens is 484 g/mol. The number of ether oxygens (including phenoxy) is 1. The van der Waals surface area contributed by atoms with E-state index in [0.717, 1.165) is 34.7 Å². The van der Waals surface area contributed by atoms with E-state index in [1.807, 2.05) is 39.8 Å². The normalized spacial score (nSPS) is 17.9. The van der Waals surface area contributed by atoms with E-state index in [1.54, 1.807) is 4.90 Å². The number of nitrogens with zero attached hydrogens (tertiary/aromatic N) is 1. The highest BCUT2D eigenvalue weighted by Crippen LogP contribution is 2.42. The van der Waals surface area contributed by atoms with Gasteiger partial charge in [-0.3, -0.25) is 0 Å². The quantitative estimate of drug-likeness (QED) is 0.368. The van der Waals surface area contributed by atoms with Crippen LogP contribution in [-0.4, -0.2) is 41.4 Å². The Bertz CT molecular complexity index is 1260. The van der Waals surface area contributed by atoms with Crippen LogP contribution in [0.4, 0.5) is 13.6 Å². The summed E-state index contributed by atoms with van der Waals surface area (Å²) < 4.78 is 34.1. The molecule has 1 fully saturated rings. The first-order valence-electron chi connectivity index (χ1n) is 13.3. The van der Waals surface area contributed by atoms with Gasteiger partial charge < -0.3 is 14.7 Å². The number of benzene rings is 3. The fourth-order valence-corrected chi connectivity index (χ4v) is 5.50. The summed E-state index contributed by atoms with van der Waals surface area (Å²) in [6.07, 6.45) is 1.67. The van der Waals surface area contributed by atoms with Crippen molar-refractivity contribution < 1.29 is 23.4 Å². The van der Waals surface area contributed by atoms with E-state index in [4.69, 9.17) is 4.74 Å². The molecule has 1 aliphatic heterocycles. The number of amides is 1. The molecule has 0 unspecified atom stereocenters. The lowest BCUT2D eigenvalue weighted by molar-refractivity contribution is 0.0183. The van der Waals surface area contributed by atoms with Crippen LogP contribution in [0.3, 0.4) is 0 Å². The average molecular weight is 522 g/mol. The van der Waals surface area contributed by atoms with E-state index < -0.39 is 17.2 Å². The van der Waals surface area contributed by atoms with Gasteiger partial charge in [0.15, 0.2) is 0 Å². The minimum absolute atomic E-state index is 0.143. The van der Waals surface area contributed by atoms with Gasteiger partial charge in [0, 0.05) is 31.7 Å². The summed E-state index contributed by atoms with van der Waals surface area (Å²) in [6, 6.07) is 18.2. The highest BCUT2D eigenvalue weighted by molar-refractivity contribution is 5.70. The zero-order valence-corrected chi connectivity index (χ0v) is 22.6. The Morgan fingerprint density at radius 3 is 2.39 bits per heavy atom. The predicted molar refractivity (Wildman–Crippen MR) is 146 cm³/mol. The lowest BCUT2D eigenvalue weighted by Gasteiger charge is -2.40. The Hall–Kier alpha value is -3.25. The molecule has 0 saturated carbocycles. The smallest absolute Gasteiger partial charge is 0.410 e. The molecule has 0 aromatic heterocycles. The molecule has 2 atom stereocenters. The van der Waals surface area contributed by atoms with Crippen molar-refractivity contribution in [1.29, 1.82) is 0 Å². The SMILES string of the molecule is Cc1cc(-c2ccccc2CCCO)ccc1[C@H]1CN(C(=O)OC(C)(C)C)CC[C@@H]1c1cc(F)cc(F)c1. The Morgan fingerprint density at radius 2 is 1.74 bits per heavy atom. The van der Waals surface area contributed by atoms with E-state index in [9.17, 15) is 18.7 Å². The van der Waals surface area contributed by atoms with Gasteiger partial charge in [-0.1, -0.05) is 42.5 Å². The lowest BCUT2D eigenvalue weighted by atomic mass is 9.75. The van der Waals surface area contributed by atoms with Crippen LogP contribution < -0.4 is 0 Å². The standard InChI is InChI=1S/C32H37F2NO3/c1-21-16-23(28-10-6-5-8-22(28)9-7-15-36)11-12-27(21)30-20-35(31(37)38-32(2,3)4)14-13-29(30)24-17-25(33)19-26(34)18-24/h5-6,8,10-12,16-19,29-30,36H,7,9,13-15,20H2,1-4H3/t29-,30-/m1/s1. The van der Waals surface area contributed by atoms with E-state index in [-0.39, 0.29) is 24.5 Å². The van der Waals surface area contributed by atoms with Gasteiger partial charge in [0.1, 0.15) is 17.2 Å². The molecule has 3 aromatic carbocycles. The van der Waals surface area contributed by atoms with Crippen molar-refractivity contribution in [3.8, 4) is 11.1 Å². The molecule has 4 nitrogen and oxygen atoms in total. The Kier molecular flexibility index (Phi) is 8.51. The third kappa shape index (κ3) is 6.60. The zero-order chi connectivity index (χ0) is 27.4. The van der Waals surface area contributed by atoms with Crippen LogP contribution in [0.15, 0.2) is 60.7 Å². The summed E-state index contributed by atoms with van der Waals surface area (Å²) >= 11 is 0. The maximum absolute atomic E-state index is 14.2. The molecule has 202 valence electrons. The Morgan fingerprint density at radius 1 is 1.03 bits per heavy atom. The number of halogens is 2. The number of carbonyl (C=O) groups excluding carboxylic acids is 1. The molecule has 1 heterocycles. The lowest BCUT2D eigenvalue weighted by Crippen LogP contribution is -2.44. The molecule has 1 aliphatic rings. The average Bonchev–Trinajstić information content (AvgIpc) is 2.85. The van der Waals surface area contributed by atoms with E-state index in [0.29, 0.717) is 31.5 Å². The van der Waals surface area contributed by atoms with Gasteiger partial charge in [0.2, 0.25) is 0 Å². The monoisotopic (exact) mass is 521 g/mol. The highest BCUT2D eigenvalue weighted by Gasteiger charge is 2.36. The van der Waals surface area contributed by atoms with Crippen molar-refractivity contribution in [2.45, 2.75) is 64.4 Å². The molecule has 4 rings (SSSR count). The van der Waals surface area contributed by atoms with E-state index in [2.05, 4.69) is 30.3 Å². The number of aliphatic hydroxyl groups is 1. The molecule has 0 radical (unpaired) electrons. The summed E-state index contributed by atoms with van der Waals surface area (Å²) in [4.78, 5) is 14.7. The first-order valence-corrected chi connectivity index (χ1v) is 13.3. The number of piperidine rings is 1. The molecule has 6 heteroatoms. The van der Waals surface area contributed by atoms with Gasteiger partial charge in [-0.05, 0) is 98.4 Å². The van der Waals surface area contributed by atoms with Crippen molar-refractivity contribution in [3.63, 3.8) is 0 Å². The number of hydrogen-bond acceptors (Lipinski definition) is 3. The zero-order valence-electron chi connectivity index (χ0n) is 22.6. The maximum Gasteiger partial charge on any atom is 0.410 e. The molecule has 1 amide bonds. The third-order valence-electron chi connectivity index (χ3n) is 7.18. The maximum atomic E-state index is 14.2. The van der Waals surface area contributed by atoms with Gasteiger partial charge in [-0.2, -0.15) is 0 Å². The highest BCUT2D eigenvalue weighted by atomic mass is 19.1. The van der Waals surface area contributed by atoms with Crippen molar-refractivity contribution in [1.82, 2.24) is 4.90 Å². The van der Waals surface area contributed by atoms with Crippen LogP contribution in [0.1, 0.15) is 67.7 Å². The summed E-state index contributed by atoms with van der Waals surface area (Å²) in [5, 5.41) is 9.31. The van der Waals surface area contributed by atoms with Gasteiger partial charge >= 0.3 is 6.09 Å². The second-order valence-corrected chi connectivity index (χ2v) is 11.2. The summed E-state index contributed by atoms with van der Waals surface area (Å²) in [5.74, 6) is -1.50. The van der Waals surface area contributed by atoms with Crippen LogP contribution in [0.25, 0.3) is 11.1 Å². The molecule has 3 aromatic rings. The second-order valence-electron chi connectivity index (χ2n) is 11.2. The first-order chi connectivity index (χ1) is 18.1.